The molecule has 3 heteroatoms. The molecule has 16 heavy (non-hydrogen) atoms. The molecule has 88 valence electrons. The summed E-state index contributed by atoms with van der Waals surface area (Å²) in [6, 6.07) is 6.94. The van der Waals surface area contributed by atoms with Crippen molar-refractivity contribution in [2.75, 3.05) is 20.2 Å². The summed E-state index contributed by atoms with van der Waals surface area (Å²) in [7, 11) is 2.01. The molecule has 1 aromatic rings. The van der Waals surface area contributed by atoms with Crippen LogP contribution in [0.1, 0.15) is 18.4 Å². The van der Waals surface area contributed by atoms with Crippen LogP contribution in [0, 0.1) is 5.82 Å². The van der Waals surface area contributed by atoms with Crippen molar-refractivity contribution in [3.63, 3.8) is 0 Å². The van der Waals surface area contributed by atoms with Crippen LogP contribution in [0.2, 0.25) is 0 Å². The third kappa shape index (κ3) is 3.03. The fourth-order valence-electron chi connectivity index (χ4n) is 2.12. The summed E-state index contributed by atoms with van der Waals surface area (Å²) in [5.41, 5.74) is 0.753. The van der Waals surface area contributed by atoms with Gasteiger partial charge in [0.15, 0.2) is 0 Å². The van der Waals surface area contributed by atoms with Gasteiger partial charge in [-0.05, 0) is 26.0 Å². The van der Waals surface area contributed by atoms with Crippen molar-refractivity contribution in [3.8, 4) is 0 Å². The Balaban J connectivity index is 1.86. The van der Waals surface area contributed by atoms with E-state index in [1.54, 1.807) is 6.07 Å². The van der Waals surface area contributed by atoms with Gasteiger partial charge < -0.3 is 4.74 Å². The summed E-state index contributed by atoms with van der Waals surface area (Å²) in [5, 5.41) is 0. The summed E-state index contributed by atoms with van der Waals surface area (Å²) < 4.78 is 19.0. The van der Waals surface area contributed by atoms with E-state index in [1.807, 2.05) is 19.2 Å². The molecule has 0 unspecified atom stereocenters. The third-order valence-electron chi connectivity index (χ3n) is 2.94. The highest BCUT2D eigenvalue weighted by molar-refractivity contribution is 5.16. The van der Waals surface area contributed by atoms with Gasteiger partial charge in [0, 0.05) is 25.3 Å². The van der Waals surface area contributed by atoms with Gasteiger partial charge in [0.2, 0.25) is 0 Å². The van der Waals surface area contributed by atoms with E-state index in [9.17, 15) is 4.39 Å². The predicted molar refractivity (Wildman–Crippen MR) is 61.7 cm³/mol. The SMILES string of the molecule is CN(Cc1ccccc1F)C[C@H]1CCCO1. The molecule has 0 amide bonds. The molecule has 1 saturated heterocycles. The molecule has 0 saturated carbocycles. The number of halogens is 1. The molecule has 2 nitrogen and oxygen atoms in total. The van der Waals surface area contributed by atoms with Crippen molar-refractivity contribution >= 4 is 0 Å². The van der Waals surface area contributed by atoms with Gasteiger partial charge in [-0.3, -0.25) is 4.90 Å². The van der Waals surface area contributed by atoms with Gasteiger partial charge >= 0.3 is 0 Å². The van der Waals surface area contributed by atoms with E-state index in [2.05, 4.69) is 4.90 Å². The topological polar surface area (TPSA) is 12.5 Å². The molecular formula is C13H18FNO. The molecule has 0 radical (unpaired) electrons. The van der Waals surface area contributed by atoms with Crippen LogP contribution < -0.4 is 0 Å². The predicted octanol–water partition coefficient (Wildman–Crippen LogP) is 2.44. The van der Waals surface area contributed by atoms with Crippen molar-refractivity contribution in [3.05, 3.63) is 35.6 Å². The zero-order valence-electron chi connectivity index (χ0n) is 9.66. The molecule has 0 aliphatic carbocycles. The van der Waals surface area contributed by atoms with E-state index >= 15 is 0 Å². The number of likely N-dealkylation sites (N-methyl/N-ethyl adjacent to an activating group) is 1. The summed E-state index contributed by atoms with van der Waals surface area (Å²) in [6.45, 7) is 2.40. The zero-order valence-corrected chi connectivity index (χ0v) is 9.66. The summed E-state index contributed by atoms with van der Waals surface area (Å²) in [6.07, 6.45) is 2.61. The van der Waals surface area contributed by atoms with Gasteiger partial charge in [0.1, 0.15) is 5.82 Å². The highest BCUT2D eigenvalue weighted by Gasteiger charge is 2.17. The van der Waals surface area contributed by atoms with Gasteiger partial charge in [0.25, 0.3) is 0 Å². The maximum absolute atomic E-state index is 13.4. The second-order valence-electron chi connectivity index (χ2n) is 4.42. The molecule has 2 rings (SSSR count). The Morgan fingerprint density at radius 3 is 2.94 bits per heavy atom. The van der Waals surface area contributed by atoms with Crippen molar-refractivity contribution in [2.45, 2.75) is 25.5 Å². The fraction of sp³-hybridized carbons (Fsp3) is 0.538. The van der Waals surface area contributed by atoms with Crippen LogP contribution in [0.15, 0.2) is 24.3 Å². The summed E-state index contributed by atoms with van der Waals surface area (Å²) in [5.74, 6) is -0.123. The average Bonchev–Trinajstić information content (AvgIpc) is 2.74. The lowest BCUT2D eigenvalue weighted by molar-refractivity contribution is 0.0790. The number of benzene rings is 1. The minimum atomic E-state index is -0.123. The van der Waals surface area contributed by atoms with Crippen LogP contribution in [0.25, 0.3) is 0 Å². The summed E-state index contributed by atoms with van der Waals surface area (Å²) in [4.78, 5) is 2.12. The summed E-state index contributed by atoms with van der Waals surface area (Å²) >= 11 is 0. The van der Waals surface area contributed by atoms with E-state index in [0.29, 0.717) is 12.6 Å². The number of rotatable bonds is 4. The van der Waals surface area contributed by atoms with Crippen LogP contribution >= 0.6 is 0 Å². The van der Waals surface area contributed by atoms with E-state index in [1.165, 1.54) is 6.07 Å². The lowest BCUT2D eigenvalue weighted by Gasteiger charge is -2.20. The standard InChI is InChI=1S/C13H18FNO/c1-15(10-12-6-4-8-16-12)9-11-5-2-3-7-13(11)14/h2-3,5,7,12H,4,6,8-10H2,1H3/t12-/m1/s1. The number of hydrogen-bond donors (Lipinski definition) is 0. The smallest absolute Gasteiger partial charge is 0.127 e. The monoisotopic (exact) mass is 223 g/mol. The molecule has 1 fully saturated rings. The third-order valence-corrected chi connectivity index (χ3v) is 2.94. The second kappa shape index (κ2) is 5.41. The van der Waals surface area contributed by atoms with Crippen molar-refractivity contribution < 1.29 is 9.13 Å². The van der Waals surface area contributed by atoms with E-state index < -0.39 is 0 Å². The highest BCUT2D eigenvalue weighted by atomic mass is 19.1. The van der Waals surface area contributed by atoms with Crippen molar-refractivity contribution in [1.29, 1.82) is 0 Å². The van der Waals surface area contributed by atoms with E-state index in [0.717, 1.165) is 31.6 Å². The maximum atomic E-state index is 13.4. The first-order chi connectivity index (χ1) is 7.75. The molecule has 0 spiro atoms. The minimum absolute atomic E-state index is 0.123. The largest absolute Gasteiger partial charge is 0.377 e. The quantitative estimate of drug-likeness (QED) is 0.777. The lowest BCUT2D eigenvalue weighted by atomic mass is 10.2. The van der Waals surface area contributed by atoms with E-state index in [-0.39, 0.29) is 5.82 Å². The van der Waals surface area contributed by atoms with Gasteiger partial charge in [-0.15, -0.1) is 0 Å². The number of hydrogen-bond acceptors (Lipinski definition) is 2. The molecular weight excluding hydrogens is 205 g/mol. The molecule has 1 atom stereocenters. The van der Waals surface area contributed by atoms with E-state index in [4.69, 9.17) is 4.74 Å². The maximum Gasteiger partial charge on any atom is 0.127 e. The van der Waals surface area contributed by atoms with Crippen LogP contribution in [0.3, 0.4) is 0 Å². The second-order valence-corrected chi connectivity index (χ2v) is 4.42. The Morgan fingerprint density at radius 1 is 1.44 bits per heavy atom. The molecule has 0 N–H and O–H groups in total. The van der Waals surface area contributed by atoms with Gasteiger partial charge in [-0.1, -0.05) is 18.2 Å². The molecule has 1 aliphatic rings. The lowest BCUT2D eigenvalue weighted by Crippen LogP contribution is -2.28. The van der Waals surface area contributed by atoms with Gasteiger partial charge in [0.05, 0.1) is 6.10 Å². The fourth-order valence-corrected chi connectivity index (χ4v) is 2.12. The van der Waals surface area contributed by atoms with Gasteiger partial charge in [-0.2, -0.15) is 0 Å². The van der Waals surface area contributed by atoms with Gasteiger partial charge in [-0.25, -0.2) is 4.39 Å². The average molecular weight is 223 g/mol. The first-order valence-electron chi connectivity index (χ1n) is 5.79. The zero-order chi connectivity index (χ0) is 11.4. The minimum Gasteiger partial charge on any atom is -0.377 e. The number of nitrogens with zero attached hydrogens (tertiary/aromatic N) is 1. The highest BCUT2D eigenvalue weighted by Crippen LogP contribution is 2.15. The van der Waals surface area contributed by atoms with Crippen molar-refractivity contribution in [1.82, 2.24) is 4.90 Å². The van der Waals surface area contributed by atoms with Crippen molar-refractivity contribution in [2.24, 2.45) is 0 Å². The molecule has 1 heterocycles. The Hall–Kier alpha value is -0.930. The molecule has 0 aromatic heterocycles. The molecule has 1 aliphatic heterocycles. The Labute approximate surface area is 96.0 Å². The van der Waals surface area contributed by atoms with Crippen LogP contribution in [-0.4, -0.2) is 31.2 Å². The van der Waals surface area contributed by atoms with Crippen LogP contribution in [0.4, 0.5) is 4.39 Å². The Morgan fingerprint density at radius 2 is 2.25 bits per heavy atom. The number of ether oxygens (including phenoxy) is 1. The Bertz CT molecular complexity index is 336. The molecule has 1 aromatic carbocycles. The van der Waals surface area contributed by atoms with Crippen LogP contribution in [0.5, 0.6) is 0 Å². The normalized spacial score (nSPS) is 20.6. The van der Waals surface area contributed by atoms with Crippen LogP contribution in [-0.2, 0) is 11.3 Å². The first kappa shape index (κ1) is 11.6. The Kier molecular flexibility index (Phi) is 3.91. The first-order valence-corrected chi connectivity index (χ1v) is 5.79. The molecule has 0 bridgehead atoms.